The number of rotatable bonds is 3. The molecule has 154 valence electrons. The summed E-state index contributed by atoms with van der Waals surface area (Å²) >= 11 is 0. The predicted octanol–water partition coefficient (Wildman–Crippen LogP) is 4.33. The smallest absolute Gasteiger partial charge is 0.145 e. The molecule has 0 saturated carbocycles. The predicted molar refractivity (Wildman–Crippen MR) is 120 cm³/mol. The molecule has 0 spiro atoms. The van der Waals surface area contributed by atoms with Gasteiger partial charge in [-0.1, -0.05) is 6.07 Å². The van der Waals surface area contributed by atoms with Crippen LogP contribution in [-0.4, -0.2) is 45.7 Å². The number of imidazole rings is 1. The zero-order chi connectivity index (χ0) is 20.8. The molecular weight excluding hydrogens is 378 g/mol. The van der Waals surface area contributed by atoms with Gasteiger partial charge < -0.3 is 25.0 Å². The Morgan fingerprint density at radius 1 is 1.03 bits per heavy atom. The second kappa shape index (κ2) is 7.09. The summed E-state index contributed by atoms with van der Waals surface area (Å²) in [7, 11) is 0. The molecule has 0 atom stereocenters. The summed E-state index contributed by atoms with van der Waals surface area (Å²) in [6.45, 7) is 4.19. The van der Waals surface area contributed by atoms with E-state index < -0.39 is 0 Å². The van der Waals surface area contributed by atoms with Crippen molar-refractivity contribution in [3.8, 4) is 5.75 Å². The van der Waals surface area contributed by atoms with Gasteiger partial charge in [-0.05, 0) is 62.1 Å². The van der Waals surface area contributed by atoms with Gasteiger partial charge in [0.25, 0.3) is 0 Å². The molecule has 2 aliphatic heterocycles. The van der Waals surface area contributed by atoms with Crippen LogP contribution in [0.15, 0.2) is 42.2 Å². The van der Waals surface area contributed by atoms with E-state index in [-0.39, 0.29) is 23.9 Å². The monoisotopic (exact) mass is 403 g/mol. The Kier molecular flexibility index (Phi) is 4.38. The molecule has 0 bridgehead atoms. The van der Waals surface area contributed by atoms with Crippen LogP contribution in [0.1, 0.15) is 30.7 Å². The lowest BCUT2D eigenvalue weighted by Crippen LogP contribution is -2.29. The van der Waals surface area contributed by atoms with Crippen molar-refractivity contribution < 1.29 is 10.2 Å². The standard InChI is InChI=1S/C23H25N5O2/c1-14-5-8-19(29)18(11-14)28-13-20(30)21(22(28)24)23-25-16-7-6-15(12-17(16)26-23)27-9-3-2-4-10-27/h5-8,11-12,24,29-30H,2-4,9-10,13H2,1H3,(H,25,26). The fraction of sp³-hybridized carbons (Fsp3) is 0.304. The third kappa shape index (κ3) is 3.07. The number of aromatic amines is 1. The van der Waals surface area contributed by atoms with Gasteiger partial charge in [-0.2, -0.15) is 0 Å². The molecule has 30 heavy (non-hydrogen) atoms. The van der Waals surface area contributed by atoms with Crippen LogP contribution in [0.3, 0.4) is 0 Å². The number of aryl methyl sites for hydroxylation is 1. The number of anilines is 2. The molecule has 2 aliphatic rings. The number of H-pyrrole nitrogens is 1. The summed E-state index contributed by atoms with van der Waals surface area (Å²) < 4.78 is 0. The van der Waals surface area contributed by atoms with Gasteiger partial charge >= 0.3 is 0 Å². The van der Waals surface area contributed by atoms with E-state index in [9.17, 15) is 10.2 Å². The van der Waals surface area contributed by atoms with Crippen molar-refractivity contribution in [2.75, 3.05) is 29.4 Å². The van der Waals surface area contributed by atoms with E-state index in [1.165, 1.54) is 24.9 Å². The third-order valence-corrected chi connectivity index (χ3v) is 5.95. The number of phenols is 1. The van der Waals surface area contributed by atoms with Crippen LogP contribution < -0.4 is 9.80 Å². The summed E-state index contributed by atoms with van der Waals surface area (Å²) in [6.07, 6.45) is 3.72. The number of hydrogen-bond donors (Lipinski definition) is 4. The number of aliphatic hydroxyl groups is 1. The molecule has 4 N–H and O–H groups in total. The number of piperidine rings is 1. The Morgan fingerprint density at radius 3 is 2.63 bits per heavy atom. The van der Waals surface area contributed by atoms with Gasteiger partial charge in [0.05, 0.1) is 28.8 Å². The highest BCUT2D eigenvalue weighted by atomic mass is 16.3. The molecule has 0 aliphatic carbocycles. The molecule has 2 aromatic carbocycles. The topological polar surface area (TPSA) is 99.5 Å². The van der Waals surface area contributed by atoms with Crippen LogP contribution in [0.4, 0.5) is 11.4 Å². The maximum Gasteiger partial charge on any atom is 0.145 e. The number of hydrogen-bond acceptors (Lipinski definition) is 5. The van der Waals surface area contributed by atoms with Crippen molar-refractivity contribution >= 4 is 33.8 Å². The van der Waals surface area contributed by atoms with Crippen molar-refractivity contribution in [1.82, 2.24) is 9.97 Å². The lowest BCUT2D eigenvalue weighted by molar-refractivity contribution is 0.410. The zero-order valence-electron chi connectivity index (χ0n) is 16.9. The molecule has 0 radical (unpaired) electrons. The number of amidine groups is 1. The first kappa shape index (κ1) is 18.5. The summed E-state index contributed by atoms with van der Waals surface area (Å²) in [5, 5.41) is 29.5. The Morgan fingerprint density at radius 2 is 1.83 bits per heavy atom. The highest BCUT2D eigenvalue weighted by Crippen LogP contribution is 2.36. The van der Waals surface area contributed by atoms with Crippen LogP contribution in [0.25, 0.3) is 16.6 Å². The summed E-state index contributed by atoms with van der Waals surface area (Å²) in [6, 6.07) is 11.4. The number of aromatic nitrogens is 2. The second-order valence-electron chi connectivity index (χ2n) is 8.08. The van der Waals surface area contributed by atoms with Crippen molar-refractivity contribution in [1.29, 1.82) is 5.41 Å². The van der Waals surface area contributed by atoms with E-state index >= 15 is 0 Å². The molecular formula is C23H25N5O2. The van der Waals surface area contributed by atoms with Crippen molar-refractivity contribution in [3.05, 3.63) is 53.5 Å². The molecule has 7 nitrogen and oxygen atoms in total. The minimum Gasteiger partial charge on any atom is -0.509 e. The minimum atomic E-state index is 0.0659. The number of benzene rings is 2. The Labute approximate surface area is 174 Å². The molecule has 1 aromatic heterocycles. The number of aliphatic hydroxyl groups excluding tert-OH is 1. The fourth-order valence-electron chi connectivity index (χ4n) is 4.35. The van der Waals surface area contributed by atoms with Crippen LogP contribution in [-0.2, 0) is 0 Å². The first-order valence-electron chi connectivity index (χ1n) is 10.3. The van der Waals surface area contributed by atoms with Crippen LogP contribution in [0.2, 0.25) is 0 Å². The number of aromatic hydroxyl groups is 1. The van der Waals surface area contributed by atoms with Gasteiger partial charge in [-0.15, -0.1) is 0 Å². The lowest BCUT2D eigenvalue weighted by atomic mass is 10.1. The molecule has 7 heteroatoms. The van der Waals surface area contributed by atoms with E-state index in [0.717, 1.165) is 29.7 Å². The number of phenolic OH excluding ortho intramolecular Hbond substituents is 1. The average molecular weight is 403 g/mol. The fourth-order valence-corrected chi connectivity index (χ4v) is 4.35. The van der Waals surface area contributed by atoms with Gasteiger partial charge in [0.15, 0.2) is 0 Å². The lowest BCUT2D eigenvalue weighted by Gasteiger charge is -2.28. The highest BCUT2D eigenvalue weighted by Gasteiger charge is 2.32. The first-order chi connectivity index (χ1) is 14.5. The minimum absolute atomic E-state index is 0.0659. The molecule has 1 saturated heterocycles. The van der Waals surface area contributed by atoms with Gasteiger partial charge in [0.1, 0.15) is 23.2 Å². The molecule has 5 rings (SSSR count). The van der Waals surface area contributed by atoms with Gasteiger partial charge in [-0.3, -0.25) is 5.41 Å². The van der Waals surface area contributed by atoms with E-state index in [0.29, 0.717) is 17.1 Å². The number of nitrogens with zero attached hydrogens (tertiary/aromatic N) is 3. The summed E-state index contributed by atoms with van der Waals surface area (Å²) in [5.41, 5.74) is 4.70. The first-order valence-corrected chi connectivity index (χ1v) is 10.3. The van der Waals surface area contributed by atoms with E-state index in [1.54, 1.807) is 11.0 Å². The third-order valence-electron chi connectivity index (χ3n) is 5.95. The second-order valence-corrected chi connectivity index (χ2v) is 8.08. The molecule has 0 unspecified atom stereocenters. The van der Waals surface area contributed by atoms with E-state index in [1.807, 2.05) is 25.1 Å². The molecule has 1 fully saturated rings. The van der Waals surface area contributed by atoms with Crippen LogP contribution in [0, 0.1) is 12.3 Å². The maximum atomic E-state index is 10.6. The van der Waals surface area contributed by atoms with E-state index in [4.69, 9.17) is 5.41 Å². The largest absolute Gasteiger partial charge is 0.509 e. The average Bonchev–Trinajstić information content (AvgIpc) is 3.29. The SMILES string of the molecule is Cc1ccc(O)c(N2CC(O)=C(c3nc4ccc(N5CCCCC5)cc4[nH]3)C2=N)c1. The van der Waals surface area contributed by atoms with Crippen LogP contribution >= 0.6 is 0 Å². The Hall–Kier alpha value is -3.48. The van der Waals surface area contributed by atoms with Crippen LogP contribution in [0.5, 0.6) is 5.75 Å². The number of fused-ring (bicyclic) bond motifs is 1. The van der Waals surface area contributed by atoms with E-state index in [2.05, 4.69) is 27.0 Å². The number of nitrogens with one attached hydrogen (secondary N) is 2. The molecule has 3 aromatic rings. The van der Waals surface area contributed by atoms with Gasteiger partial charge in [0.2, 0.25) is 0 Å². The maximum absolute atomic E-state index is 10.6. The Bertz CT molecular complexity index is 1170. The van der Waals surface area contributed by atoms with Crippen molar-refractivity contribution in [2.24, 2.45) is 0 Å². The van der Waals surface area contributed by atoms with Crippen molar-refractivity contribution in [3.63, 3.8) is 0 Å². The Balaban J connectivity index is 1.48. The molecule has 3 heterocycles. The quantitative estimate of drug-likeness (QED) is 0.522. The van der Waals surface area contributed by atoms with Gasteiger partial charge in [-0.25, -0.2) is 4.98 Å². The molecule has 0 amide bonds. The summed E-state index contributed by atoms with van der Waals surface area (Å²) in [4.78, 5) is 11.9. The highest BCUT2D eigenvalue weighted by molar-refractivity contribution is 6.30. The van der Waals surface area contributed by atoms with Gasteiger partial charge in [0, 0.05) is 18.8 Å². The summed E-state index contributed by atoms with van der Waals surface area (Å²) in [5.74, 6) is 0.730. The van der Waals surface area contributed by atoms with Crippen molar-refractivity contribution in [2.45, 2.75) is 26.2 Å². The zero-order valence-corrected chi connectivity index (χ0v) is 16.9. The normalized spacial score (nSPS) is 17.4.